The van der Waals surface area contributed by atoms with E-state index in [1.807, 2.05) is 38.1 Å². The summed E-state index contributed by atoms with van der Waals surface area (Å²) in [7, 11) is 0. The molecule has 4 rings (SSSR count). The first-order valence-electron chi connectivity index (χ1n) is 11.4. The first kappa shape index (κ1) is 24.2. The van der Waals surface area contributed by atoms with Crippen LogP contribution in [-0.2, 0) is 14.2 Å². The van der Waals surface area contributed by atoms with Crippen LogP contribution in [0.3, 0.4) is 0 Å². The predicted octanol–water partition coefficient (Wildman–Crippen LogP) is 4.31. The van der Waals surface area contributed by atoms with Crippen molar-refractivity contribution in [3.05, 3.63) is 101 Å². The van der Waals surface area contributed by atoms with E-state index in [-0.39, 0.29) is 18.8 Å². The van der Waals surface area contributed by atoms with Crippen molar-refractivity contribution in [1.82, 2.24) is 0 Å². The summed E-state index contributed by atoms with van der Waals surface area (Å²) in [6.07, 6.45) is -2.36. The molecule has 3 aromatic carbocycles. The fourth-order valence-corrected chi connectivity index (χ4v) is 3.88. The molecule has 3 atom stereocenters. The number of ether oxygens (including phenoxy) is 3. The minimum Gasteiger partial charge on any atom is -0.459 e. The zero-order valence-electron chi connectivity index (χ0n) is 19.6. The van der Waals surface area contributed by atoms with E-state index in [0.717, 1.165) is 11.1 Å². The molecule has 1 fully saturated rings. The van der Waals surface area contributed by atoms with E-state index >= 15 is 0 Å². The Morgan fingerprint density at radius 3 is 2.03 bits per heavy atom. The summed E-state index contributed by atoms with van der Waals surface area (Å²) in [5, 5.41) is 0. The van der Waals surface area contributed by atoms with Crippen molar-refractivity contribution >= 4 is 23.4 Å². The molecule has 1 saturated heterocycles. The molecule has 2 N–H and O–H groups in total. The number of esters is 2. The minimum absolute atomic E-state index is 0.123. The van der Waals surface area contributed by atoms with Crippen molar-refractivity contribution in [2.75, 3.05) is 12.3 Å². The van der Waals surface area contributed by atoms with Gasteiger partial charge in [-0.3, -0.25) is 4.79 Å². The Bertz CT molecular complexity index is 1220. The van der Waals surface area contributed by atoms with E-state index in [0.29, 0.717) is 22.4 Å². The molecular formula is C28H27NO6. The van der Waals surface area contributed by atoms with Crippen LogP contribution < -0.4 is 5.73 Å². The highest BCUT2D eigenvalue weighted by Gasteiger charge is 2.42. The lowest BCUT2D eigenvalue weighted by Gasteiger charge is -2.19. The molecule has 7 nitrogen and oxygen atoms in total. The summed E-state index contributed by atoms with van der Waals surface area (Å²) in [6, 6.07) is 20.7. The molecule has 0 aromatic heterocycles. The summed E-state index contributed by atoms with van der Waals surface area (Å²) >= 11 is 0. The van der Waals surface area contributed by atoms with Crippen molar-refractivity contribution in [2.24, 2.45) is 0 Å². The minimum atomic E-state index is -0.890. The highest BCUT2D eigenvalue weighted by atomic mass is 16.6. The van der Waals surface area contributed by atoms with Gasteiger partial charge in [0, 0.05) is 17.7 Å². The van der Waals surface area contributed by atoms with Crippen LogP contribution in [0, 0.1) is 13.8 Å². The van der Waals surface area contributed by atoms with Gasteiger partial charge in [-0.15, -0.1) is 0 Å². The maximum Gasteiger partial charge on any atom is 0.338 e. The second kappa shape index (κ2) is 10.5. The van der Waals surface area contributed by atoms with Crippen LogP contribution in [0.1, 0.15) is 48.6 Å². The average Bonchev–Trinajstić information content (AvgIpc) is 3.25. The van der Waals surface area contributed by atoms with Crippen molar-refractivity contribution < 1.29 is 28.6 Å². The number of rotatable bonds is 7. The van der Waals surface area contributed by atoms with Gasteiger partial charge in [-0.1, -0.05) is 47.5 Å². The maximum absolute atomic E-state index is 13.1. The zero-order valence-corrected chi connectivity index (χ0v) is 19.6. The topological polar surface area (TPSA) is 105 Å². The Hall–Kier alpha value is -3.97. The molecule has 0 bridgehead atoms. The number of benzene rings is 3. The molecule has 1 heterocycles. The highest BCUT2D eigenvalue weighted by Crippen LogP contribution is 2.29. The molecule has 35 heavy (non-hydrogen) atoms. The van der Waals surface area contributed by atoms with E-state index in [9.17, 15) is 14.4 Å². The van der Waals surface area contributed by atoms with Gasteiger partial charge in [0.1, 0.15) is 24.9 Å². The van der Waals surface area contributed by atoms with Crippen molar-refractivity contribution in [3.8, 4) is 0 Å². The second-order valence-electron chi connectivity index (χ2n) is 8.62. The number of nitrogens with two attached hydrogens (primary N) is 1. The molecule has 0 spiro atoms. The Morgan fingerprint density at radius 2 is 1.43 bits per heavy atom. The molecule has 180 valence electrons. The number of para-hydroxylation sites is 1. The second-order valence-corrected chi connectivity index (χ2v) is 8.62. The van der Waals surface area contributed by atoms with Gasteiger partial charge in [-0.2, -0.15) is 0 Å². The highest BCUT2D eigenvalue weighted by molar-refractivity contribution is 6.03. The molecule has 0 aliphatic carbocycles. The SMILES string of the molecule is Cc1ccc(C(=O)OC[C@H]2O[C@@H](C(=O)c3ccccc3N)C[C@@H]2OC(=O)c2ccc(C)cc2)cc1. The number of anilines is 1. The van der Waals surface area contributed by atoms with Gasteiger partial charge in [0.15, 0.2) is 5.78 Å². The van der Waals surface area contributed by atoms with Crippen LogP contribution in [0.2, 0.25) is 0 Å². The maximum atomic E-state index is 13.1. The lowest BCUT2D eigenvalue weighted by molar-refractivity contribution is -0.0377. The molecular weight excluding hydrogens is 446 g/mol. The number of hydrogen-bond donors (Lipinski definition) is 1. The summed E-state index contributed by atoms with van der Waals surface area (Å²) < 4.78 is 17.1. The van der Waals surface area contributed by atoms with E-state index in [1.165, 1.54) is 0 Å². The van der Waals surface area contributed by atoms with E-state index < -0.39 is 30.3 Å². The van der Waals surface area contributed by atoms with Crippen LogP contribution >= 0.6 is 0 Å². The van der Waals surface area contributed by atoms with Gasteiger partial charge >= 0.3 is 11.9 Å². The summed E-state index contributed by atoms with van der Waals surface area (Å²) in [6.45, 7) is 3.67. The van der Waals surface area contributed by atoms with Crippen LogP contribution in [-0.4, -0.2) is 42.6 Å². The number of nitrogen functional groups attached to an aromatic ring is 1. The molecule has 0 unspecified atom stereocenters. The fourth-order valence-electron chi connectivity index (χ4n) is 3.88. The molecule has 1 aliphatic rings. The Balaban J connectivity index is 1.49. The van der Waals surface area contributed by atoms with Gasteiger partial charge in [-0.25, -0.2) is 9.59 Å². The van der Waals surface area contributed by atoms with Crippen LogP contribution in [0.15, 0.2) is 72.8 Å². The molecule has 3 aromatic rings. The average molecular weight is 474 g/mol. The predicted molar refractivity (Wildman–Crippen MR) is 130 cm³/mol. The standard InChI is InChI=1S/C28H27NO6/c1-17-7-11-19(12-8-17)27(31)33-16-25-23(35-28(32)20-13-9-18(2)10-14-20)15-24(34-25)26(30)21-5-3-4-6-22(21)29/h3-14,23-25H,15-16,29H2,1-2H3/t23-,24+,25+/m0/s1. The summed E-state index contributed by atoms with van der Waals surface area (Å²) in [5.74, 6) is -1.38. The molecule has 7 heteroatoms. The van der Waals surface area contributed by atoms with Gasteiger partial charge in [0.05, 0.1) is 11.1 Å². The van der Waals surface area contributed by atoms with E-state index in [1.54, 1.807) is 48.5 Å². The number of Topliss-reactive ketones (excluding diaryl/α,β-unsaturated/α-hetero) is 1. The molecule has 1 aliphatic heterocycles. The first-order chi connectivity index (χ1) is 16.8. The monoisotopic (exact) mass is 473 g/mol. The Kier molecular flexibility index (Phi) is 7.27. The number of aryl methyl sites for hydroxylation is 2. The third-order valence-corrected chi connectivity index (χ3v) is 5.93. The molecule has 0 radical (unpaired) electrons. The lowest BCUT2D eigenvalue weighted by atomic mass is 10.0. The fraction of sp³-hybridized carbons (Fsp3) is 0.250. The normalized spacial score (nSPS) is 19.2. The first-order valence-corrected chi connectivity index (χ1v) is 11.4. The largest absolute Gasteiger partial charge is 0.459 e. The number of carbonyl (C=O) groups is 3. The van der Waals surface area contributed by atoms with Crippen molar-refractivity contribution in [2.45, 2.75) is 38.6 Å². The van der Waals surface area contributed by atoms with Gasteiger partial charge in [0.25, 0.3) is 0 Å². The summed E-state index contributed by atoms with van der Waals surface area (Å²) in [5.41, 5.74) is 9.45. The van der Waals surface area contributed by atoms with E-state index in [4.69, 9.17) is 19.9 Å². The van der Waals surface area contributed by atoms with Crippen LogP contribution in [0.25, 0.3) is 0 Å². The summed E-state index contributed by atoms with van der Waals surface area (Å²) in [4.78, 5) is 38.4. The third-order valence-electron chi connectivity index (χ3n) is 5.93. The Morgan fingerprint density at radius 1 is 0.857 bits per heavy atom. The number of hydrogen-bond acceptors (Lipinski definition) is 7. The van der Waals surface area contributed by atoms with Gasteiger partial charge < -0.3 is 19.9 Å². The van der Waals surface area contributed by atoms with Crippen LogP contribution in [0.4, 0.5) is 5.69 Å². The van der Waals surface area contributed by atoms with Crippen molar-refractivity contribution in [3.63, 3.8) is 0 Å². The number of ketones is 1. The van der Waals surface area contributed by atoms with Crippen LogP contribution in [0.5, 0.6) is 0 Å². The number of carbonyl (C=O) groups excluding carboxylic acids is 3. The smallest absolute Gasteiger partial charge is 0.338 e. The van der Waals surface area contributed by atoms with E-state index in [2.05, 4.69) is 0 Å². The lowest BCUT2D eigenvalue weighted by Crippen LogP contribution is -2.32. The Labute approximate surface area is 203 Å². The quantitative estimate of drug-likeness (QED) is 0.310. The van der Waals surface area contributed by atoms with Crippen molar-refractivity contribution in [1.29, 1.82) is 0 Å². The van der Waals surface area contributed by atoms with Gasteiger partial charge in [-0.05, 0) is 50.2 Å². The zero-order chi connectivity index (χ0) is 24.9. The molecule has 0 saturated carbocycles. The third kappa shape index (κ3) is 5.75. The molecule has 0 amide bonds. The van der Waals surface area contributed by atoms with Gasteiger partial charge in [0.2, 0.25) is 0 Å².